The number of hydrogen-bond donors (Lipinski definition) is 3. The first kappa shape index (κ1) is 56.1. The van der Waals surface area contributed by atoms with E-state index in [2.05, 4.69) is 59.4 Å². The molecule has 0 saturated heterocycles. The fraction of sp³-hybridized carbons (Fsp3) is 0.242. The summed E-state index contributed by atoms with van der Waals surface area (Å²) in [6.45, 7) is 16.6. The zero-order chi connectivity index (χ0) is 58.7. The number of nitrogens with zero attached hydrogens (tertiary/aromatic N) is 7. The van der Waals surface area contributed by atoms with Gasteiger partial charge in [-0.25, -0.2) is 29.5 Å². The maximum Gasteiger partial charge on any atom is 0.425 e. The van der Waals surface area contributed by atoms with Crippen molar-refractivity contribution in [3.8, 4) is 34.4 Å². The van der Waals surface area contributed by atoms with Crippen LogP contribution in [-0.2, 0) is 45.3 Å². The van der Waals surface area contributed by atoms with Crippen molar-refractivity contribution in [3.63, 3.8) is 0 Å². The summed E-state index contributed by atoms with van der Waals surface area (Å²) in [4.78, 5) is 46.0. The van der Waals surface area contributed by atoms with E-state index in [0.29, 0.717) is 48.1 Å². The molecule has 2 amide bonds. The Hall–Kier alpha value is -9.78. The Bertz CT molecular complexity index is 3960. The molecule has 2 aliphatic rings. The number of nitrogen functional groups attached to an aromatic ring is 1. The van der Waals surface area contributed by atoms with Gasteiger partial charge in [-0.05, 0) is 139 Å². The number of aromatic nitrogens is 6. The molecule has 4 aromatic heterocycles. The molecule has 0 fully saturated rings. The summed E-state index contributed by atoms with van der Waals surface area (Å²) in [5.41, 5.74) is 17.0. The number of amides is 2. The van der Waals surface area contributed by atoms with Gasteiger partial charge in [0.2, 0.25) is 0 Å². The van der Waals surface area contributed by atoms with Crippen LogP contribution in [0.25, 0.3) is 33.4 Å². The number of carbonyl (C=O) groups excluding carboxylic acids is 2. The number of imide groups is 1. The van der Waals surface area contributed by atoms with E-state index < -0.39 is 23.4 Å². The standard InChI is InChI=1S/C38H41N5O6.C28H25N5O2/c1-24-31-30(22-46-24)42(33-32(31)40-23-41-34(33)43(35(44)48-37(2,3)4)36(45)49-38(5,6)7)27-16-18-28(19-17-27)47-29-15-11-14-26(20-29)39-21-25-12-9-8-10-13-25;1-18-25-24(16-34-18)33(27-26(25)31-17-32-28(27)29)21-10-12-22(13-11-21)35-23-9-5-8-20(14-23)30-15-19-6-3-2-4-7-19/h8-20,23-24,39H,21-22H2,1-7H3;2-14,17-18,30H,15-16H2,1H3,(H2,29,31,32). The van der Waals surface area contributed by atoms with Gasteiger partial charge in [-0.15, -0.1) is 0 Å². The highest BCUT2D eigenvalue weighted by Gasteiger charge is 2.39. The van der Waals surface area contributed by atoms with Crippen molar-refractivity contribution in [2.75, 3.05) is 21.3 Å². The number of ether oxygens (including phenoxy) is 6. The molecule has 12 rings (SSSR count). The van der Waals surface area contributed by atoms with Crippen LogP contribution in [0.3, 0.4) is 0 Å². The van der Waals surface area contributed by atoms with Crippen LogP contribution in [-0.4, -0.2) is 52.5 Å². The van der Waals surface area contributed by atoms with Gasteiger partial charge in [0.25, 0.3) is 0 Å². The summed E-state index contributed by atoms with van der Waals surface area (Å²) in [7, 11) is 0. The van der Waals surface area contributed by atoms with Gasteiger partial charge in [-0.2, -0.15) is 4.90 Å². The quantitative estimate of drug-likeness (QED) is 0.0982. The van der Waals surface area contributed by atoms with Crippen LogP contribution in [0.1, 0.15) is 101 Å². The zero-order valence-corrected chi connectivity index (χ0v) is 48.1. The fourth-order valence-electron chi connectivity index (χ4n) is 10.2. The van der Waals surface area contributed by atoms with Crippen LogP contribution in [0, 0.1) is 0 Å². The smallest absolute Gasteiger partial charge is 0.425 e. The normalized spacial score (nSPS) is 14.5. The number of nitrogens with two attached hydrogens (primary N) is 1. The molecule has 18 nitrogen and oxygen atoms in total. The number of fused-ring (bicyclic) bond motifs is 6. The molecule has 6 aromatic carbocycles. The number of anilines is 4. The molecule has 4 N–H and O–H groups in total. The number of carbonyl (C=O) groups is 2. The van der Waals surface area contributed by atoms with Crippen molar-refractivity contribution in [2.45, 2.75) is 105 Å². The summed E-state index contributed by atoms with van der Waals surface area (Å²) < 4.78 is 39.6. The third kappa shape index (κ3) is 12.4. The van der Waals surface area contributed by atoms with E-state index in [1.165, 1.54) is 23.8 Å². The highest BCUT2D eigenvalue weighted by atomic mass is 16.6. The topological polar surface area (TPSA) is 204 Å². The molecule has 0 bridgehead atoms. The van der Waals surface area contributed by atoms with Crippen molar-refractivity contribution in [3.05, 3.63) is 204 Å². The van der Waals surface area contributed by atoms with Crippen molar-refractivity contribution in [1.29, 1.82) is 0 Å². The maximum atomic E-state index is 13.7. The van der Waals surface area contributed by atoms with Crippen molar-refractivity contribution >= 4 is 57.3 Å². The van der Waals surface area contributed by atoms with Gasteiger partial charge in [0.05, 0.1) is 36.8 Å². The molecule has 0 radical (unpaired) electrons. The summed E-state index contributed by atoms with van der Waals surface area (Å²) in [5, 5.41) is 6.88. The minimum Gasteiger partial charge on any atom is -0.457 e. The second-order valence-electron chi connectivity index (χ2n) is 22.4. The lowest BCUT2D eigenvalue weighted by Gasteiger charge is -2.28. The first-order chi connectivity index (χ1) is 40.4. The molecule has 2 unspecified atom stereocenters. The molecule has 0 saturated carbocycles. The van der Waals surface area contributed by atoms with Crippen LogP contribution < -0.4 is 30.7 Å². The minimum absolute atomic E-state index is 0.0339. The van der Waals surface area contributed by atoms with E-state index in [9.17, 15) is 9.59 Å². The third-order valence-electron chi connectivity index (χ3n) is 13.9. The molecule has 0 aliphatic carbocycles. The van der Waals surface area contributed by atoms with Gasteiger partial charge >= 0.3 is 12.2 Å². The fourth-order valence-corrected chi connectivity index (χ4v) is 10.2. The lowest BCUT2D eigenvalue weighted by atomic mass is 10.1. The van der Waals surface area contributed by atoms with Crippen molar-refractivity contribution < 1.29 is 38.0 Å². The highest BCUT2D eigenvalue weighted by Crippen LogP contribution is 2.44. The number of benzene rings is 6. The number of hydrogen-bond acceptors (Lipinski definition) is 15. The summed E-state index contributed by atoms with van der Waals surface area (Å²) in [6, 6.07) is 51.7. The van der Waals surface area contributed by atoms with Gasteiger partial charge in [0.15, 0.2) is 11.6 Å². The first-order valence-corrected chi connectivity index (χ1v) is 27.8. The van der Waals surface area contributed by atoms with Crippen LogP contribution in [0.5, 0.6) is 23.0 Å². The lowest BCUT2D eigenvalue weighted by Crippen LogP contribution is -2.44. The van der Waals surface area contributed by atoms with E-state index in [-0.39, 0.29) is 18.0 Å². The largest absolute Gasteiger partial charge is 0.457 e. The molecule has 428 valence electrons. The second kappa shape index (κ2) is 23.6. The summed E-state index contributed by atoms with van der Waals surface area (Å²) in [6.07, 6.45) is 0.699. The molecule has 2 atom stereocenters. The molecular formula is C66H66N10O8. The Morgan fingerprint density at radius 3 is 1.43 bits per heavy atom. The predicted molar refractivity (Wildman–Crippen MR) is 324 cm³/mol. The van der Waals surface area contributed by atoms with Crippen molar-refractivity contribution in [1.82, 2.24) is 29.1 Å². The third-order valence-corrected chi connectivity index (χ3v) is 13.9. The molecule has 2 aliphatic heterocycles. The van der Waals surface area contributed by atoms with E-state index in [0.717, 1.165) is 79.2 Å². The van der Waals surface area contributed by atoms with Crippen LogP contribution in [0.2, 0.25) is 0 Å². The van der Waals surface area contributed by atoms with Gasteiger partial charge in [0.1, 0.15) is 68.9 Å². The van der Waals surface area contributed by atoms with E-state index in [1.807, 2.05) is 152 Å². The van der Waals surface area contributed by atoms with Crippen LogP contribution in [0.15, 0.2) is 170 Å². The molecular weight excluding hydrogens is 1060 g/mol. The minimum atomic E-state index is -0.914. The van der Waals surface area contributed by atoms with E-state index >= 15 is 0 Å². The molecule has 0 spiro atoms. The lowest BCUT2D eigenvalue weighted by molar-refractivity contribution is 0.0429. The van der Waals surface area contributed by atoms with Gasteiger partial charge in [-0.1, -0.05) is 72.8 Å². The Kier molecular flexibility index (Phi) is 15.8. The monoisotopic (exact) mass is 1130 g/mol. The van der Waals surface area contributed by atoms with E-state index in [1.54, 1.807) is 41.5 Å². The molecule has 18 heteroatoms. The predicted octanol–water partition coefficient (Wildman–Crippen LogP) is 15.1. The molecule has 6 heterocycles. The maximum absolute atomic E-state index is 13.7. The first-order valence-electron chi connectivity index (χ1n) is 27.8. The molecule has 10 aromatic rings. The van der Waals surface area contributed by atoms with Crippen LogP contribution in [0.4, 0.5) is 32.6 Å². The van der Waals surface area contributed by atoms with Crippen molar-refractivity contribution in [2.24, 2.45) is 0 Å². The Morgan fingerprint density at radius 1 is 0.548 bits per heavy atom. The Morgan fingerprint density at radius 2 is 0.976 bits per heavy atom. The molecule has 84 heavy (non-hydrogen) atoms. The zero-order valence-electron chi connectivity index (χ0n) is 48.1. The second-order valence-corrected chi connectivity index (χ2v) is 22.4. The van der Waals surface area contributed by atoms with Gasteiger partial charge in [-0.3, -0.25) is 0 Å². The summed E-state index contributed by atoms with van der Waals surface area (Å²) in [5.74, 6) is 3.31. The average Bonchev–Trinajstić information content (AvgIpc) is 1.77. The Balaban J connectivity index is 0.000000185. The Labute approximate surface area is 487 Å². The van der Waals surface area contributed by atoms with Gasteiger partial charge < -0.3 is 53.9 Å². The van der Waals surface area contributed by atoms with Crippen LogP contribution >= 0.6 is 0 Å². The highest BCUT2D eigenvalue weighted by molar-refractivity contribution is 6.13. The van der Waals surface area contributed by atoms with Gasteiger partial charge in [0, 0.05) is 59.1 Å². The van der Waals surface area contributed by atoms with E-state index in [4.69, 9.17) is 34.2 Å². The number of rotatable bonds is 13. The summed E-state index contributed by atoms with van der Waals surface area (Å²) >= 11 is 0. The SMILES string of the molecule is CC1OCc2c1c1ncnc(N(C(=O)OC(C)(C)C)C(=O)OC(C)(C)C)c1n2-c1ccc(Oc2cccc(NCc3ccccc3)c2)cc1.CC1OCc2c1c1ncnc(N)c1n2-c1ccc(Oc2cccc(NCc3ccccc3)c2)cc1. The number of nitrogens with one attached hydrogen (secondary N) is 2. The average molecular weight is 1130 g/mol.